The summed E-state index contributed by atoms with van der Waals surface area (Å²) in [5.74, 6) is 0. The Labute approximate surface area is 117 Å². The summed E-state index contributed by atoms with van der Waals surface area (Å²) in [6.45, 7) is 9.64. The second-order valence-corrected chi connectivity index (χ2v) is 7.31. The van der Waals surface area contributed by atoms with Crippen molar-refractivity contribution < 1.29 is 34.8 Å². The number of halogens is 3. The van der Waals surface area contributed by atoms with Gasteiger partial charge in [0.2, 0.25) is 0 Å². The van der Waals surface area contributed by atoms with Crippen molar-refractivity contribution in [3.05, 3.63) is 0 Å². The minimum absolute atomic E-state index is 0.123. The first-order chi connectivity index (χ1) is 9.09. The molecule has 0 unspecified atom stereocenters. The van der Waals surface area contributed by atoms with E-state index in [1.165, 1.54) is 4.58 Å². The summed E-state index contributed by atoms with van der Waals surface area (Å²) in [5, 5.41) is 0. The van der Waals surface area contributed by atoms with Gasteiger partial charge in [-0.05, 0) is 20.8 Å². The molecule has 0 amide bonds. The minimum Gasteiger partial charge on any atom is -0.741 e. The van der Waals surface area contributed by atoms with Crippen LogP contribution in [0.4, 0.5) is 13.2 Å². The van der Waals surface area contributed by atoms with E-state index in [9.17, 15) is 13.2 Å². The van der Waals surface area contributed by atoms with Gasteiger partial charge in [-0.25, -0.2) is 13.0 Å². The maximum atomic E-state index is 10.7. The van der Waals surface area contributed by atoms with Crippen molar-refractivity contribution in [1.29, 1.82) is 0 Å². The first-order valence-electron chi connectivity index (χ1n) is 6.77. The smallest absolute Gasteiger partial charge is 0.485 e. The lowest BCUT2D eigenvalue weighted by atomic mass is 9.97. The molecule has 0 saturated heterocycles. The van der Waals surface area contributed by atoms with E-state index in [0.717, 1.165) is 0 Å². The first-order valence-corrected chi connectivity index (χ1v) is 6.67. The highest BCUT2D eigenvalue weighted by atomic mass is 32.2. The zero-order valence-corrected chi connectivity index (χ0v) is 12.6. The highest BCUT2D eigenvalue weighted by molar-refractivity contribution is 7.86. The Kier molecular flexibility index (Phi) is 4.83. The molecule has 0 aromatic carbocycles. The molecule has 0 aliphatic rings. The number of hydrogen-bond acceptors (Lipinski definition) is 3. The van der Waals surface area contributed by atoms with Crippen LogP contribution in [0.25, 0.3) is 0 Å². The van der Waals surface area contributed by atoms with Crippen molar-refractivity contribution in [1.82, 2.24) is 0 Å². The maximum absolute atomic E-state index is 10.7. The lowest BCUT2D eigenvalue weighted by molar-refractivity contribution is -0.569. The number of alkyl halides is 3. The summed E-state index contributed by atoms with van der Waals surface area (Å²) < 4.78 is 82.7. The summed E-state index contributed by atoms with van der Waals surface area (Å²) in [7, 11) is -6.09. The van der Waals surface area contributed by atoms with E-state index in [1.807, 2.05) is 41.5 Å². The quantitative estimate of drug-likeness (QED) is 0.299. The lowest BCUT2D eigenvalue weighted by Crippen LogP contribution is -2.33. The molecule has 0 fully saturated rings. The molecule has 0 aromatic heterocycles. The van der Waals surface area contributed by atoms with Gasteiger partial charge in [0.15, 0.2) is 15.7 Å². The maximum Gasteiger partial charge on any atom is 0.485 e. The fourth-order valence-corrected chi connectivity index (χ4v) is 0.581. The van der Waals surface area contributed by atoms with Gasteiger partial charge in [0, 0.05) is 5.41 Å². The van der Waals surface area contributed by atoms with Gasteiger partial charge in [0.05, 0.1) is 4.11 Å². The van der Waals surface area contributed by atoms with E-state index < -0.39 is 22.6 Å². The normalized spacial score (nSPS) is 17.8. The molecular weight excluding hydrogens is 283 g/mol. The molecular formula is C11H22F3NO3S. The zero-order valence-electron chi connectivity index (χ0n) is 14.8. The fraction of sp³-hybridized carbons (Fsp3) is 0.909. The van der Waals surface area contributed by atoms with Crippen molar-refractivity contribution in [2.45, 2.75) is 52.6 Å². The summed E-state index contributed by atoms with van der Waals surface area (Å²) >= 11 is 0. The molecule has 116 valence electrons. The van der Waals surface area contributed by atoms with Crippen LogP contribution in [0.2, 0.25) is 0 Å². The van der Waals surface area contributed by atoms with E-state index in [-0.39, 0.29) is 11.0 Å². The molecule has 0 N–H and O–H groups in total. The minimum atomic E-state index is -6.09. The highest BCUT2D eigenvalue weighted by Crippen LogP contribution is 2.20. The predicted molar refractivity (Wildman–Crippen MR) is 67.2 cm³/mol. The third-order valence-electron chi connectivity index (χ3n) is 1.52. The monoisotopic (exact) mass is 308 g/mol. The third-order valence-corrected chi connectivity index (χ3v) is 2.09. The number of nitrogens with zero attached hydrogens (tertiary/aromatic N) is 1. The van der Waals surface area contributed by atoms with Crippen molar-refractivity contribution in [2.75, 3.05) is 6.98 Å². The van der Waals surface area contributed by atoms with Crippen LogP contribution in [-0.4, -0.2) is 41.8 Å². The van der Waals surface area contributed by atoms with Crippen LogP contribution in [0.3, 0.4) is 0 Å². The van der Waals surface area contributed by atoms with Crippen molar-refractivity contribution in [3.8, 4) is 0 Å². The first kappa shape index (κ1) is 14.8. The average molecular weight is 308 g/mol. The Balaban J connectivity index is 0. The molecule has 19 heavy (non-hydrogen) atoms. The van der Waals surface area contributed by atoms with Crippen molar-refractivity contribution in [3.63, 3.8) is 0 Å². The SMILES string of the molecule is O=S(=O)([O-])C(F)(F)F.[2H]C([2H])([2H])[N+](=CC(C)(C)C)C(C)(C)C. The van der Waals surface area contributed by atoms with Gasteiger partial charge in [-0.3, -0.25) is 0 Å². The van der Waals surface area contributed by atoms with Crippen molar-refractivity contribution in [2.24, 2.45) is 5.41 Å². The van der Waals surface area contributed by atoms with Gasteiger partial charge in [0.25, 0.3) is 0 Å². The van der Waals surface area contributed by atoms with E-state index >= 15 is 0 Å². The standard InChI is InChI=1S/C10H22N.CHF3O3S/c1-9(2,3)8-11(7)10(4,5)6;2-1(3,4)8(5,6)7/h8H,1-7H3;(H,5,6,7)/q+1;/p-1/i7D3;. The molecule has 0 spiro atoms. The van der Waals surface area contributed by atoms with Gasteiger partial charge in [-0.15, -0.1) is 0 Å². The van der Waals surface area contributed by atoms with Gasteiger partial charge >= 0.3 is 5.51 Å². The summed E-state index contributed by atoms with van der Waals surface area (Å²) in [5.41, 5.74) is -6.15. The lowest BCUT2D eigenvalue weighted by Gasteiger charge is -2.18. The van der Waals surface area contributed by atoms with Crippen LogP contribution in [0.5, 0.6) is 0 Å². The van der Waals surface area contributed by atoms with Gasteiger partial charge in [0.1, 0.15) is 13.2 Å². The molecule has 0 rings (SSSR count). The molecule has 0 saturated carbocycles. The second-order valence-electron chi connectivity index (χ2n) is 5.94. The summed E-state index contributed by atoms with van der Waals surface area (Å²) in [6.07, 6.45) is 1.79. The Morgan fingerprint density at radius 2 is 1.42 bits per heavy atom. The predicted octanol–water partition coefficient (Wildman–Crippen LogP) is 2.60. The number of hydrogen-bond donors (Lipinski definition) is 0. The Hall–Kier alpha value is -0.630. The van der Waals surface area contributed by atoms with E-state index in [4.69, 9.17) is 17.1 Å². The largest absolute Gasteiger partial charge is 0.741 e. The zero-order chi connectivity index (χ0) is 18.8. The van der Waals surface area contributed by atoms with Gasteiger partial charge < -0.3 is 4.55 Å². The Morgan fingerprint density at radius 1 is 1.11 bits per heavy atom. The fourth-order valence-electron chi connectivity index (χ4n) is 0.581. The van der Waals surface area contributed by atoms with E-state index in [0.29, 0.717) is 0 Å². The van der Waals surface area contributed by atoms with Crippen LogP contribution in [-0.2, 0) is 10.1 Å². The molecule has 0 bridgehead atoms. The van der Waals surface area contributed by atoms with E-state index in [1.54, 1.807) is 6.21 Å². The second kappa shape index (κ2) is 6.21. The summed E-state index contributed by atoms with van der Waals surface area (Å²) in [4.78, 5) is 0. The molecule has 0 radical (unpaired) electrons. The van der Waals surface area contributed by atoms with Gasteiger partial charge in [-0.2, -0.15) is 13.2 Å². The molecule has 0 aromatic rings. The average Bonchev–Trinajstić information content (AvgIpc) is 2.06. The topological polar surface area (TPSA) is 60.2 Å². The molecule has 0 aliphatic carbocycles. The molecule has 8 heteroatoms. The molecule has 0 atom stereocenters. The molecule has 0 aliphatic heterocycles. The van der Waals surface area contributed by atoms with Crippen LogP contribution >= 0.6 is 0 Å². The summed E-state index contributed by atoms with van der Waals surface area (Å²) in [6, 6.07) is 0. The van der Waals surface area contributed by atoms with E-state index in [2.05, 4.69) is 0 Å². The highest BCUT2D eigenvalue weighted by Gasteiger charge is 2.36. The Bertz CT molecular complexity index is 482. The molecule has 4 nitrogen and oxygen atoms in total. The van der Waals surface area contributed by atoms with Crippen LogP contribution in [0, 0.1) is 5.41 Å². The van der Waals surface area contributed by atoms with Crippen molar-refractivity contribution >= 4 is 16.3 Å². The third kappa shape index (κ3) is 10.9. The number of rotatable bonds is 0. The van der Waals surface area contributed by atoms with Crippen LogP contribution in [0.15, 0.2) is 0 Å². The van der Waals surface area contributed by atoms with Crippen LogP contribution < -0.4 is 0 Å². The molecule has 0 heterocycles. The van der Waals surface area contributed by atoms with Gasteiger partial charge in [-0.1, -0.05) is 20.8 Å². The van der Waals surface area contributed by atoms with Crippen LogP contribution in [0.1, 0.15) is 45.7 Å². The Morgan fingerprint density at radius 3 is 1.47 bits per heavy atom.